The molecule has 0 aliphatic rings. The van der Waals surface area contributed by atoms with E-state index in [-0.39, 0.29) is 5.56 Å². The fourth-order valence-corrected chi connectivity index (χ4v) is 1.60. The molecule has 0 fully saturated rings. The van der Waals surface area contributed by atoms with E-state index in [9.17, 15) is 4.79 Å². The van der Waals surface area contributed by atoms with Gasteiger partial charge in [-0.05, 0) is 28.1 Å². The second-order valence-electron chi connectivity index (χ2n) is 2.41. The van der Waals surface area contributed by atoms with Gasteiger partial charge in [0, 0.05) is 0 Å². The smallest absolute Gasteiger partial charge is 0.338 e. The lowest BCUT2D eigenvalue weighted by Gasteiger charge is -1.99. The van der Waals surface area contributed by atoms with E-state index < -0.39 is 5.97 Å². The first kappa shape index (κ1) is 8.18. The van der Waals surface area contributed by atoms with Crippen molar-refractivity contribution in [2.45, 2.75) is 0 Å². The summed E-state index contributed by atoms with van der Waals surface area (Å²) in [6.07, 6.45) is 1.55. The number of hydrogen-bond acceptors (Lipinski definition) is 3. The van der Waals surface area contributed by atoms with E-state index in [1.54, 1.807) is 12.3 Å². The van der Waals surface area contributed by atoms with Crippen molar-refractivity contribution in [1.82, 2.24) is 14.8 Å². The first-order valence-electron chi connectivity index (χ1n) is 3.42. The molecule has 2 aromatic rings. The SMILES string of the molecule is O=C(O)c1ccc2cnnn2c1Br. The fourth-order valence-electron chi connectivity index (χ4n) is 1.02. The van der Waals surface area contributed by atoms with E-state index in [1.807, 2.05) is 0 Å². The number of nitrogens with zero attached hydrogens (tertiary/aromatic N) is 3. The van der Waals surface area contributed by atoms with Crippen molar-refractivity contribution in [3.05, 3.63) is 28.5 Å². The number of carboxylic acids is 1. The summed E-state index contributed by atoms with van der Waals surface area (Å²) in [6, 6.07) is 3.15. The molecule has 0 aliphatic heterocycles. The van der Waals surface area contributed by atoms with Crippen molar-refractivity contribution in [3.63, 3.8) is 0 Å². The molecule has 0 atom stereocenters. The van der Waals surface area contributed by atoms with Gasteiger partial charge in [0.15, 0.2) is 0 Å². The molecule has 0 aliphatic carbocycles. The zero-order chi connectivity index (χ0) is 9.42. The maximum absolute atomic E-state index is 10.7. The average molecular weight is 242 g/mol. The first-order chi connectivity index (χ1) is 6.20. The van der Waals surface area contributed by atoms with Gasteiger partial charge < -0.3 is 5.11 Å². The zero-order valence-corrected chi connectivity index (χ0v) is 7.89. The molecule has 2 heterocycles. The Kier molecular flexibility index (Phi) is 1.77. The number of aromatic carboxylic acids is 1. The summed E-state index contributed by atoms with van der Waals surface area (Å²) in [4.78, 5) is 10.7. The van der Waals surface area contributed by atoms with Crippen molar-refractivity contribution in [3.8, 4) is 0 Å². The fraction of sp³-hybridized carbons (Fsp3) is 0. The predicted molar refractivity (Wildman–Crippen MR) is 47.6 cm³/mol. The molecule has 0 amide bonds. The average Bonchev–Trinajstić information content (AvgIpc) is 2.52. The summed E-state index contributed by atoms with van der Waals surface area (Å²) in [5.41, 5.74) is 0.912. The second kappa shape index (κ2) is 2.81. The lowest BCUT2D eigenvalue weighted by atomic mass is 10.3. The van der Waals surface area contributed by atoms with Crippen LogP contribution in [0, 0.1) is 0 Å². The molecule has 0 aromatic carbocycles. The van der Waals surface area contributed by atoms with Crippen molar-refractivity contribution < 1.29 is 9.90 Å². The molecular formula is C7H4BrN3O2. The summed E-state index contributed by atoms with van der Waals surface area (Å²) >= 11 is 3.14. The summed E-state index contributed by atoms with van der Waals surface area (Å²) in [5, 5.41) is 16.1. The minimum atomic E-state index is -0.996. The van der Waals surface area contributed by atoms with Gasteiger partial charge in [0.05, 0.1) is 17.3 Å². The monoisotopic (exact) mass is 241 g/mol. The van der Waals surface area contributed by atoms with Gasteiger partial charge in [-0.15, -0.1) is 5.10 Å². The standard InChI is InChI=1S/C7H4BrN3O2/c8-6-5(7(12)13)2-1-4-3-9-10-11(4)6/h1-3H,(H,12,13). The van der Waals surface area contributed by atoms with E-state index in [4.69, 9.17) is 5.11 Å². The first-order valence-corrected chi connectivity index (χ1v) is 4.21. The van der Waals surface area contributed by atoms with Crippen LogP contribution in [0.25, 0.3) is 5.52 Å². The summed E-state index contributed by atoms with van der Waals surface area (Å²) in [5.74, 6) is -0.996. The van der Waals surface area contributed by atoms with Gasteiger partial charge in [-0.25, -0.2) is 9.31 Å². The Hall–Kier alpha value is -1.43. The van der Waals surface area contributed by atoms with Crippen molar-refractivity contribution in [2.75, 3.05) is 0 Å². The lowest BCUT2D eigenvalue weighted by molar-refractivity contribution is 0.0695. The molecule has 66 valence electrons. The van der Waals surface area contributed by atoms with Gasteiger partial charge in [0.25, 0.3) is 0 Å². The molecule has 2 aromatic heterocycles. The van der Waals surface area contributed by atoms with Crippen LogP contribution in [0.3, 0.4) is 0 Å². The number of hydrogen-bond donors (Lipinski definition) is 1. The van der Waals surface area contributed by atoms with Crippen LogP contribution in [0.4, 0.5) is 0 Å². The van der Waals surface area contributed by atoms with Gasteiger partial charge in [-0.3, -0.25) is 0 Å². The van der Waals surface area contributed by atoms with Crippen molar-refractivity contribution >= 4 is 27.4 Å². The maximum Gasteiger partial charge on any atom is 0.338 e. The Bertz CT molecular complexity index is 480. The molecule has 1 N–H and O–H groups in total. The van der Waals surface area contributed by atoms with Gasteiger partial charge in [-0.2, -0.15) is 0 Å². The van der Waals surface area contributed by atoms with E-state index in [0.717, 1.165) is 5.52 Å². The maximum atomic E-state index is 10.7. The van der Waals surface area contributed by atoms with Crippen LogP contribution >= 0.6 is 15.9 Å². The van der Waals surface area contributed by atoms with Crippen molar-refractivity contribution in [1.29, 1.82) is 0 Å². The second-order valence-corrected chi connectivity index (χ2v) is 3.16. The molecule has 0 unspecified atom stereocenters. The van der Waals surface area contributed by atoms with Crippen LogP contribution < -0.4 is 0 Å². The molecule has 0 saturated carbocycles. The van der Waals surface area contributed by atoms with Crippen LogP contribution in [-0.4, -0.2) is 25.9 Å². The minimum absolute atomic E-state index is 0.165. The van der Waals surface area contributed by atoms with Gasteiger partial charge >= 0.3 is 5.97 Å². The van der Waals surface area contributed by atoms with Crippen LogP contribution in [0.1, 0.15) is 10.4 Å². The highest BCUT2D eigenvalue weighted by atomic mass is 79.9. The Morgan fingerprint density at radius 2 is 2.31 bits per heavy atom. The Labute approximate surface area is 81.1 Å². The Morgan fingerprint density at radius 3 is 3.00 bits per heavy atom. The summed E-state index contributed by atoms with van der Waals surface area (Å²) in [7, 11) is 0. The van der Waals surface area contributed by atoms with Gasteiger partial charge in [0.1, 0.15) is 4.60 Å². The van der Waals surface area contributed by atoms with E-state index >= 15 is 0 Å². The Morgan fingerprint density at radius 1 is 1.54 bits per heavy atom. The lowest BCUT2D eigenvalue weighted by Crippen LogP contribution is -2.02. The number of fused-ring (bicyclic) bond motifs is 1. The third kappa shape index (κ3) is 1.19. The molecule has 13 heavy (non-hydrogen) atoms. The molecule has 0 spiro atoms. The number of aromatic nitrogens is 3. The van der Waals surface area contributed by atoms with Crippen LogP contribution in [0.15, 0.2) is 22.9 Å². The Balaban J connectivity index is 2.80. The normalized spacial score (nSPS) is 10.5. The summed E-state index contributed by atoms with van der Waals surface area (Å²) in [6.45, 7) is 0. The quantitative estimate of drug-likeness (QED) is 0.762. The van der Waals surface area contributed by atoms with E-state index in [2.05, 4.69) is 26.2 Å². The number of halogens is 1. The third-order valence-corrected chi connectivity index (χ3v) is 2.40. The molecule has 2 rings (SSSR count). The molecule has 5 nitrogen and oxygen atoms in total. The molecular weight excluding hydrogens is 238 g/mol. The topological polar surface area (TPSA) is 67.5 Å². The highest BCUT2D eigenvalue weighted by Crippen LogP contribution is 2.17. The molecule has 6 heteroatoms. The van der Waals surface area contributed by atoms with Crippen LogP contribution in [0.5, 0.6) is 0 Å². The zero-order valence-electron chi connectivity index (χ0n) is 6.31. The van der Waals surface area contributed by atoms with Gasteiger partial charge in [0.2, 0.25) is 0 Å². The van der Waals surface area contributed by atoms with Gasteiger partial charge in [-0.1, -0.05) is 5.21 Å². The summed E-state index contributed by atoms with van der Waals surface area (Å²) < 4.78 is 1.82. The number of rotatable bonds is 1. The number of carbonyl (C=O) groups is 1. The largest absolute Gasteiger partial charge is 0.478 e. The molecule has 0 saturated heterocycles. The molecule has 0 bridgehead atoms. The molecule has 0 radical (unpaired) electrons. The number of carboxylic acid groups (broad SMARTS) is 1. The van der Waals surface area contributed by atoms with Crippen LogP contribution in [0.2, 0.25) is 0 Å². The third-order valence-electron chi connectivity index (χ3n) is 1.64. The number of pyridine rings is 1. The highest BCUT2D eigenvalue weighted by Gasteiger charge is 2.11. The van der Waals surface area contributed by atoms with Crippen LogP contribution in [-0.2, 0) is 0 Å². The minimum Gasteiger partial charge on any atom is -0.478 e. The highest BCUT2D eigenvalue weighted by molar-refractivity contribution is 9.10. The van der Waals surface area contributed by atoms with E-state index in [0.29, 0.717) is 4.60 Å². The predicted octanol–water partition coefficient (Wildman–Crippen LogP) is 1.19. The van der Waals surface area contributed by atoms with Crippen molar-refractivity contribution in [2.24, 2.45) is 0 Å². The van der Waals surface area contributed by atoms with E-state index in [1.165, 1.54) is 10.6 Å².